The molecule has 0 radical (unpaired) electrons. The van der Waals surface area contributed by atoms with Gasteiger partial charge in [0.15, 0.2) is 0 Å². The van der Waals surface area contributed by atoms with Gasteiger partial charge >= 0.3 is 0 Å². The van der Waals surface area contributed by atoms with Crippen LogP contribution >= 0.6 is 0 Å². The van der Waals surface area contributed by atoms with Crippen molar-refractivity contribution in [3.05, 3.63) is 40.2 Å². The maximum atomic E-state index is 13.1. The molecule has 1 amide bonds. The molecule has 0 bridgehead atoms. The molecule has 1 aromatic carbocycles. The molecule has 0 spiro atoms. The highest BCUT2D eigenvalue weighted by atomic mass is 32.2. The Bertz CT molecular complexity index is 1050. The molecule has 7 nitrogen and oxygen atoms in total. The van der Waals surface area contributed by atoms with Crippen LogP contribution in [0.3, 0.4) is 0 Å². The van der Waals surface area contributed by atoms with Gasteiger partial charge in [0, 0.05) is 36.6 Å². The van der Waals surface area contributed by atoms with Crippen LogP contribution in [0.25, 0.3) is 10.9 Å². The average Bonchev–Trinajstić information content (AvgIpc) is 2.66. The van der Waals surface area contributed by atoms with E-state index in [2.05, 4.69) is 31.1 Å². The molecule has 1 aromatic heterocycles. The summed E-state index contributed by atoms with van der Waals surface area (Å²) < 4.78 is 27.7. The number of fused-ring (bicyclic) bond motifs is 1. The van der Waals surface area contributed by atoms with Crippen molar-refractivity contribution in [3.63, 3.8) is 0 Å². The summed E-state index contributed by atoms with van der Waals surface area (Å²) in [6.45, 7) is 7.74. The number of aromatic amines is 1. The van der Waals surface area contributed by atoms with Crippen molar-refractivity contribution < 1.29 is 13.2 Å². The van der Waals surface area contributed by atoms with Crippen LogP contribution in [0.4, 0.5) is 0 Å². The molecule has 3 rings (SSSR count). The quantitative estimate of drug-likeness (QED) is 0.752. The second-order valence-electron chi connectivity index (χ2n) is 8.28. The van der Waals surface area contributed by atoms with Crippen molar-refractivity contribution in [2.45, 2.75) is 44.9 Å². The Morgan fingerprint density at radius 1 is 1.24 bits per heavy atom. The summed E-state index contributed by atoms with van der Waals surface area (Å²) in [6.07, 6.45) is 2.49. The van der Waals surface area contributed by atoms with E-state index in [9.17, 15) is 18.0 Å². The van der Waals surface area contributed by atoms with E-state index in [0.29, 0.717) is 42.4 Å². The molecular weight excluding hydrogens is 390 g/mol. The second-order valence-corrected chi connectivity index (χ2v) is 10.2. The van der Waals surface area contributed by atoms with Gasteiger partial charge in [0.05, 0.1) is 10.5 Å². The number of hydrogen-bond donors (Lipinski definition) is 2. The first-order chi connectivity index (χ1) is 13.7. The van der Waals surface area contributed by atoms with Crippen LogP contribution in [0.15, 0.2) is 34.0 Å². The molecule has 1 aliphatic rings. The van der Waals surface area contributed by atoms with Crippen molar-refractivity contribution in [2.75, 3.05) is 19.6 Å². The lowest BCUT2D eigenvalue weighted by atomic mass is 10.0. The number of pyridine rings is 1. The molecule has 2 N–H and O–H groups in total. The number of hydrogen-bond acceptors (Lipinski definition) is 4. The third-order valence-electron chi connectivity index (χ3n) is 5.45. The van der Waals surface area contributed by atoms with Gasteiger partial charge < -0.3 is 10.3 Å². The van der Waals surface area contributed by atoms with Crippen molar-refractivity contribution in [3.8, 4) is 0 Å². The minimum absolute atomic E-state index is 0.142. The Kier molecular flexibility index (Phi) is 6.43. The number of carbonyl (C=O) groups is 1. The van der Waals surface area contributed by atoms with Gasteiger partial charge in [-0.05, 0) is 49.3 Å². The third-order valence-corrected chi connectivity index (χ3v) is 7.34. The van der Waals surface area contributed by atoms with E-state index in [1.165, 1.54) is 22.5 Å². The average molecular weight is 420 g/mol. The van der Waals surface area contributed by atoms with E-state index >= 15 is 0 Å². The van der Waals surface area contributed by atoms with E-state index in [4.69, 9.17) is 0 Å². The number of sulfonamides is 1. The smallest absolute Gasteiger partial charge is 0.252 e. The topological polar surface area (TPSA) is 99.3 Å². The van der Waals surface area contributed by atoms with Crippen molar-refractivity contribution in [1.29, 1.82) is 0 Å². The van der Waals surface area contributed by atoms with Gasteiger partial charge in [-0.2, -0.15) is 4.31 Å². The first-order valence-electron chi connectivity index (χ1n) is 10.1. The van der Waals surface area contributed by atoms with Crippen LogP contribution in [0.2, 0.25) is 0 Å². The number of piperidine rings is 1. The van der Waals surface area contributed by atoms with Gasteiger partial charge in [-0.1, -0.05) is 20.8 Å². The fourth-order valence-corrected chi connectivity index (χ4v) is 5.02. The van der Waals surface area contributed by atoms with E-state index in [-0.39, 0.29) is 16.4 Å². The number of H-pyrrole nitrogens is 1. The Morgan fingerprint density at radius 2 is 1.93 bits per heavy atom. The Balaban J connectivity index is 1.97. The Hall–Kier alpha value is -2.19. The van der Waals surface area contributed by atoms with E-state index in [1.807, 2.05) is 0 Å². The molecule has 2 heterocycles. The van der Waals surface area contributed by atoms with Crippen LogP contribution in [0, 0.1) is 11.8 Å². The molecule has 0 atom stereocenters. The molecule has 0 unspecified atom stereocenters. The van der Waals surface area contributed by atoms with Gasteiger partial charge in [-0.25, -0.2) is 8.42 Å². The summed E-state index contributed by atoms with van der Waals surface area (Å²) >= 11 is 0. The zero-order chi connectivity index (χ0) is 21.2. The fraction of sp³-hybridized carbons (Fsp3) is 0.524. The van der Waals surface area contributed by atoms with Crippen LogP contribution in [-0.4, -0.2) is 43.2 Å². The van der Waals surface area contributed by atoms with Gasteiger partial charge in [0.2, 0.25) is 15.6 Å². The zero-order valence-corrected chi connectivity index (χ0v) is 18.0. The monoisotopic (exact) mass is 419 g/mol. The maximum absolute atomic E-state index is 13.1. The lowest BCUT2D eigenvalue weighted by Gasteiger charge is -2.29. The Morgan fingerprint density at radius 3 is 2.59 bits per heavy atom. The number of nitrogens with one attached hydrogen (secondary N) is 2. The Labute approximate surface area is 171 Å². The molecule has 158 valence electrons. The van der Waals surface area contributed by atoms with Gasteiger partial charge in [0.25, 0.3) is 5.91 Å². The first kappa shape index (κ1) is 21.5. The second kappa shape index (κ2) is 8.67. The SMILES string of the molecule is CC(C)CCNC(=O)c1cc(=O)[nH]c2ccc(S(=O)(=O)N3CCC(C)CC3)cc12. The van der Waals surface area contributed by atoms with Gasteiger partial charge in [-0.15, -0.1) is 0 Å². The molecule has 0 aliphatic carbocycles. The predicted octanol–water partition coefficient (Wildman–Crippen LogP) is 2.72. The molecule has 0 saturated carbocycles. The highest BCUT2D eigenvalue weighted by Crippen LogP contribution is 2.26. The van der Waals surface area contributed by atoms with E-state index in [0.717, 1.165) is 19.3 Å². The van der Waals surface area contributed by atoms with Crippen molar-refractivity contribution in [2.24, 2.45) is 11.8 Å². The fourth-order valence-electron chi connectivity index (χ4n) is 3.53. The van der Waals surface area contributed by atoms with Crippen molar-refractivity contribution in [1.82, 2.24) is 14.6 Å². The first-order valence-corrected chi connectivity index (χ1v) is 11.6. The van der Waals surface area contributed by atoms with Gasteiger partial charge in [0.1, 0.15) is 0 Å². The van der Waals surface area contributed by atoms with Gasteiger partial charge in [-0.3, -0.25) is 9.59 Å². The number of nitrogens with zero attached hydrogens (tertiary/aromatic N) is 1. The predicted molar refractivity (Wildman–Crippen MR) is 114 cm³/mol. The number of rotatable bonds is 6. The number of amides is 1. The minimum atomic E-state index is -3.65. The normalized spacial score (nSPS) is 16.4. The molecule has 8 heteroatoms. The summed E-state index contributed by atoms with van der Waals surface area (Å²) in [5.74, 6) is 0.586. The lowest BCUT2D eigenvalue weighted by molar-refractivity contribution is 0.0953. The molecular formula is C21H29N3O4S. The molecule has 2 aromatic rings. The van der Waals surface area contributed by atoms with Crippen molar-refractivity contribution >= 4 is 26.8 Å². The maximum Gasteiger partial charge on any atom is 0.252 e. The highest BCUT2D eigenvalue weighted by molar-refractivity contribution is 7.89. The number of carbonyl (C=O) groups excluding carboxylic acids is 1. The third kappa shape index (κ3) is 4.87. The molecule has 1 saturated heterocycles. The minimum Gasteiger partial charge on any atom is -0.352 e. The van der Waals surface area contributed by atoms with Crippen LogP contribution < -0.4 is 10.9 Å². The van der Waals surface area contributed by atoms with Crippen LogP contribution in [0.5, 0.6) is 0 Å². The zero-order valence-electron chi connectivity index (χ0n) is 17.2. The lowest BCUT2D eigenvalue weighted by Crippen LogP contribution is -2.37. The van der Waals surface area contributed by atoms with Crippen LogP contribution in [-0.2, 0) is 10.0 Å². The van der Waals surface area contributed by atoms with E-state index in [1.54, 1.807) is 6.07 Å². The summed E-state index contributed by atoms with van der Waals surface area (Å²) in [7, 11) is -3.65. The van der Waals surface area contributed by atoms with E-state index < -0.39 is 15.6 Å². The largest absolute Gasteiger partial charge is 0.352 e. The summed E-state index contributed by atoms with van der Waals surface area (Å²) in [6, 6.07) is 5.77. The summed E-state index contributed by atoms with van der Waals surface area (Å²) in [5, 5.41) is 3.25. The number of aromatic nitrogens is 1. The highest BCUT2D eigenvalue weighted by Gasteiger charge is 2.28. The molecule has 29 heavy (non-hydrogen) atoms. The molecule has 1 fully saturated rings. The van der Waals surface area contributed by atoms with Crippen LogP contribution in [0.1, 0.15) is 50.4 Å². The summed E-state index contributed by atoms with van der Waals surface area (Å²) in [5.41, 5.74) is 0.238. The summed E-state index contributed by atoms with van der Waals surface area (Å²) in [4.78, 5) is 27.5. The molecule has 1 aliphatic heterocycles. The standard InChI is InChI=1S/C21H29N3O4S/c1-14(2)6-9-22-21(26)18-13-20(25)23-19-5-4-16(12-17(18)19)29(27,28)24-10-7-15(3)8-11-24/h4-5,12-15H,6-11H2,1-3H3,(H,22,26)(H,23,25). The number of benzene rings is 1.